The highest BCUT2D eigenvalue weighted by molar-refractivity contribution is 5.71. The number of rotatable bonds is 2. The Kier molecular flexibility index (Phi) is 2.54. The molecule has 0 radical (unpaired) electrons. The van der Waals surface area contributed by atoms with E-state index < -0.39 is 0 Å². The second-order valence-electron chi connectivity index (χ2n) is 3.30. The van der Waals surface area contributed by atoms with Crippen LogP contribution in [0.3, 0.4) is 0 Å². The largest absolute Gasteiger partial charge is 0.382 e. The molecule has 1 aromatic heterocycles. The first kappa shape index (κ1) is 9.52. The van der Waals surface area contributed by atoms with Gasteiger partial charge in [-0.3, -0.25) is 0 Å². The van der Waals surface area contributed by atoms with Gasteiger partial charge in [-0.05, 0) is 24.3 Å². The summed E-state index contributed by atoms with van der Waals surface area (Å²) in [7, 11) is 1.97. The maximum absolute atomic E-state index is 5.81. The van der Waals surface area contributed by atoms with E-state index in [-0.39, 0.29) is 0 Å². The van der Waals surface area contributed by atoms with Crippen molar-refractivity contribution in [1.29, 1.82) is 0 Å². The van der Waals surface area contributed by atoms with Crippen LogP contribution in [0.2, 0.25) is 0 Å². The van der Waals surface area contributed by atoms with Gasteiger partial charge in [0, 0.05) is 18.9 Å². The van der Waals surface area contributed by atoms with Crippen molar-refractivity contribution in [3.63, 3.8) is 0 Å². The Hall–Kier alpha value is -2.03. The zero-order valence-electron chi connectivity index (χ0n) is 8.59. The number of benzene rings is 1. The molecular weight excluding hydrogens is 186 g/mol. The van der Waals surface area contributed by atoms with Gasteiger partial charge in [0.1, 0.15) is 5.82 Å². The van der Waals surface area contributed by atoms with Gasteiger partial charge in [0.15, 0.2) is 0 Å². The molecule has 0 unspecified atom stereocenters. The molecule has 3 heteroatoms. The summed E-state index contributed by atoms with van der Waals surface area (Å²) < 4.78 is 0. The fourth-order valence-electron chi connectivity index (χ4n) is 1.48. The lowest BCUT2D eigenvalue weighted by Crippen LogP contribution is -2.11. The van der Waals surface area contributed by atoms with Crippen molar-refractivity contribution < 1.29 is 0 Å². The molecule has 0 saturated heterocycles. The standard InChI is InChI=1S/C12H13N3/c1-15(10-6-3-2-4-7-10)11-8-5-9-14-12(11)13/h2-9H,1H3,(H2,13,14). The summed E-state index contributed by atoms with van der Waals surface area (Å²) in [6, 6.07) is 13.9. The van der Waals surface area contributed by atoms with Gasteiger partial charge in [0.05, 0.1) is 5.69 Å². The monoisotopic (exact) mass is 199 g/mol. The Morgan fingerprint density at radius 2 is 1.80 bits per heavy atom. The Balaban J connectivity index is 2.37. The van der Waals surface area contributed by atoms with Crippen molar-refractivity contribution in [1.82, 2.24) is 4.98 Å². The summed E-state index contributed by atoms with van der Waals surface area (Å²) in [6.45, 7) is 0. The van der Waals surface area contributed by atoms with Crippen LogP contribution in [0, 0.1) is 0 Å². The molecule has 0 aliphatic rings. The van der Waals surface area contributed by atoms with Crippen molar-refractivity contribution in [3.05, 3.63) is 48.7 Å². The summed E-state index contributed by atoms with van der Waals surface area (Å²) in [5, 5.41) is 0. The smallest absolute Gasteiger partial charge is 0.147 e. The maximum atomic E-state index is 5.81. The lowest BCUT2D eigenvalue weighted by atomic mass is 10.2. The molecule has 0 atom stereocenters. The molecule has 0 aliphatic heterocycles. The second-order valence-corrected chi connectivity index (χ2v) is 3.30. The average molecular weight is 199 g/mol. The number of nitrogens with zero attached hydrogens (tertiary/aromatic N) is 2. The van der Waals surface area contributed by atoms with E-state index in [0.717, 1.165) is 11.4 Å². The number of anilines is 3. The number of hydrogen-bond donors (Lipinski definition) is 1. The van der Waals surface area contributed by atoms with Gasteiger partial charge < -0.3 is 10.6 Å². The summed E-state index contributed by atoms with van der Waals surface area (Å²) >= 11 is 0. The van der Waals surface area contributed by atoms with E-state index in [1.165, 1.54) is 0 Å². The fraction of sp³-hybridized carbons (Fsp3) is 0.0833. The lowest BCUT2D eigenvalue weighted by molar-refractivity contribution is 1.18. The predicted molar refractivity (Wildman–Crippen MR) is 63.2 cm³/mol. The van der Waals surface area contributed by atoms with Crippen LogP contribution in [0.15, 0.2) is 48.7 Å². The first-order chi connectivity index (χ1) is 7.29. The van der Waals surface area contributed by atoms with Gasteiger partial charge in [-0.25, -0.2) is 4.98 Å². The molecule has 1 heterocycles. The number of para-hydroxylation sites is 1. The molecule has 1 aromatic carbocycles. The third kappa shape index (κ3) is 1.91. The maximum Gasteiger partial charge on any atom is 0.147 e. The Morgan fingerprint density at radius 3 is 2.47 bits per heavy atom. The van der Waals surface area contributed by atoms with E-state index in [4.69, 9.17) is 5.73 Å². The molecule has 0 amide bonds. The van der Waals surface area contributed by atoms with Crippen LogP contribution in [0.1, 0.15) is 0 Å². The van der Waals surface area contributed by atoms with Gasteiger partial charge in [-0.1, -0.05) is 18.2 Å². The van der Waals surface area contributed by atoms with Crippen molar-refractivity contribution in [2.45, 2.75) is 0 Å². The van der Waals surface area contributed by atoms with Gasteiger partial charge in [-0.2, -0.15) is 0 Å². The minimum absolute atomic E-state index is 0.545. The van der Waals surface area contributed by atoms with E-state index in [2.05, 4.69) is 4.98 Å². The number of pyridine rings is 1. The van der Waals surface area contributed by atoms with Gasteiger partial charge in [-0.15, -0.1) is 0 Å². The van der Waals surface area contributed by atoms with E-state index in [9.17, 15) is 0 Å². The Morgan fingerprint density at radius 1 is 1.07 bits per heavy atom. The second kappa shape index (κ2) is 4.00. The van der Waals surface area contributed by atoms with E-state index in [1.54, 1.807) is 6.20 Å². The highest BCUT2D eigenvalue weighted by atomic mass is 15.1. The molecule has 0 fully saturated rings. The average Bonchev–Trinajstić information content (AvgIpc) is 2.30. The first-order valence-corrected chi connectivity index (χ1v) is 4.78. The van der Waals surface area contributed by atoms with E-state index >= 15 is 0 Å². The molecule has 76 valence electrons. The SMILES string of the molecule is CN(c1ccccc1)c1cccnc1N. The fourth-order valence-corrected chi connectivity index (χ4v) is 1.48. The summed E-state index contributed by atoms with van der Waals surface area (Å²) in [6.07, 6.45) is 1.69. The minimum atomic E-state index is 0.545. The molecule has 3 nitrogen and oxygen atoms in total. The molecule has 2 rings (SSSR count). The minimum Gasteiger partial charge on any atom is -0.382 e. The molecule has 0 bridgehead atoms. The van der Waals surface area contributed by atoms with Crippen LogP contribution in [0.4, 0.5) is 17.2 Å². The molecule has 0 aliphatic carbocycles. The Labute approximate surface area is 89.2 Å². The normalized spacial score (nSPS) is 9.93. The topological polar surface area (TPSA) is 42.2 Å². The van der Waals surface area contributed by atoms with Crippen LogP contribution >= 0.6 is 0 Å². The zero-order valence-corrected chi connectivity index (χ0v) is 8.59. The van der Waals surface area contributed by atoms with Crippen LogP contribution in [0.5, 0.6) is 0 Å². The van der Waals surface area contributed by atoms with Crippen LogP contribution in [-0.4, -0.2) is 12.0 Å². The summed E-state index contributed by atoms with van der Waals surface area (Å²) in [5.74, 6) is 0.545. The zero-order chi connectivity index (χ0) is 10.7. The predicted octanol–water partition coefficient (Wildman–Crippen LogP) is 2.43. The number of nitrogens with two attached hydrogens (primary N) is 1. The van der Waals surface area contributed by atoms with E-state index in [1.807, 2.05) is 54.4 Å². The molecule has 0 spiro atoms. The molecule has 15 heavy (non-hydrogen) atoms. The van der Waals surface area contributed by atoms with E-state index in [0.29, 0.717) is 5.82 Å². The highest BCUT2D eigenvalue weighted by Gasteiger charge is 2.06. The summed E-state index contributed by atoms with van der Waals surface area (Å²) in [5.41, 5.74) is 7.82. The highest BCUT2D eigenvalue weighted by Crippen LogP contribution is 2.26. The van der Waals surface area contributed by atoms with Gasteiger partial charge in [0.25, 0.3) is 0 Å². The quantitative estimate of drug-likeness (QED) is 0.807. The van der Waals surface area contributed by atoms with Crippen molar-refractivity contribution in [3.8, 4) is 0 Å². The van der Waals surface area contributed by atoms with Crippen molar-refractivity contribution in [2.75, 3.05) is 17.7 Å². The van der Waals surface area contributed by atoms with Crippen LogP contribution in [0.25, 0.3) is 0 Å². The molecular formula is C12H13N3. The van der Waals surface area contributed by atoms with Crippen LogP contribution in [-0.2, 0) is 0 Å². The lowest BCUT2D eigenvalue weighted by Gasteiger charge is -2.20. The van der Waals surface area contributed by atoms with Gasteiger partial charge >= 0.3 is 0 Å². The third-order valence-corrected chi connectivity index (χ3v) is 2.32. The van der Waals surface area contributed by atoms with Crippen LogP contribution < -0.4 is 10.6 Å². The van der Waals surface area contributed by atoms with Crippen molar-refractivity contribution in [2.24, 2.45) is 0 Å². The van der Waals surface area contributed by atoms with Gasteiger partial charge in [0.2, 0.25) is 0 Å². The number of aromatic nitrogens is 1. The van der Waals surface area contributed by atoms with Crippen molar-refractivity contribution >= 4 is 17.2 Å². The first-order valence-electron chi connectivity index (χ1n) is 4.78. The summed E-state index contributed by atoms with van der Waals surface area (Å²) in [4.78, 5) is 6.08. The molecule has 2 N–H and O–H groups in total. The molecule has 0 saturated carbocycles. The third-order valence-electron chi connectivity index (χ3n) is 2.32. The number of nitrogen functional groups attached to an aromatic ring is 1. The number of hydrogen-bond acceptors (Lipinski definition) is 3. The Bertz CT molecular complexity index is 440. The molecule has 2 aromatic rings.